The number of H-pyrrole nitrogens is 1. The highest BCUT2D eigenvalue weighted by Gasteiger charge is 2.25. The van der Waals surface area contributed by atoms with Crippen LogP contribution in [0.5, 0.6) is 11.5 Å². The summed E-state index contributed by atoms with van der Waals surface area (Å²) in [5, 5.41) is 18.5. The highest BCUT2D eigenvalue weighted by molar-refractivity contribution is 6.30. The molecule has 2 N–H and O–H groups in total. The van der Waals surface area contributed by atoms with Crippen molar-refractivity contribution in [3.8, 4) is 22.6 Å². The second-order valence-corrected chi connectivity index (χ2v) is 7.71. The number of aromatic hydroxyl groups is 1. The fraction of sp³-hybridized carbons (Fsp3) is 0.318. The summed E-state index contributed by atoms with van der Waals surface area (Å²) < 4.78 is 5.18. The predicted octanol–water partition coefficient (Wildman–Crippen LogP) is 4.82. The number of piperidine rings is 1. The van der Waals surface area contributed by atoms with Crippen molar-refractivity contribution in [3.05, 3.63) is 64.9 Å². The molecule has 5 nitrogen and oxygen atoms in total. The average molecular weight is 398 g/mol. The highest BCUT2D eigenvalue weighted by Crippen LogP contribution is 2.34. The molecule has 1 aliphatic heterocycles. The van der Waals surface area contributed by atoms with Gasteiger partial charge in [0, 0.05) is 46.9 Å². The monoisotopic (exact) mass is 397 g/mol. The molecule has 2 heterocycles. The Labute approximate surface area is 169 Å². The van der Waals surface area contributed by atoms with E-state index in [9.17, 15) is 5.11 Å². The SMILES string of the molecule is COc1ccc(CN2CCC[C@@H](c3[nH]ncc3-c3ccc(Cl)cc3)C2)c(O)c1. The van der Waals surface area contributed by atoms with E-state index >= 15 is 0 Å². The number of methoxy groups -OCH3 is 1. The van der Waals surface area contributed by atoms with E-state index in [4.69, 9.17) is 16.3 Å². The number of aromatic nitrogens is 2. The van der Waals surface area contributed by atoms with Gasteiger partial charge in [0.2, 0.25) is 0 Å². The van der Waals surface area contributed by atoms with Gasteiger partial charge in [-0.1, -0.05) is 29.8 Å². The molecule has 2 aromatic carbocycles. The molecular weight excluding hydrogens is 374 g/mol. The number of likely N-dealkylation sites (tertiary alicyclic amines) is 1. The summed E-state index contributed by atoms with van der Waals surface area (Å²) in [6, 6.07) is 13.4. The zero-order valence-corrected chi connectivity index (χ0v) is 16.6. The Hall–Kier alpha value is -2.50. The van der Waals surface area contributed by atoms with Gasteiger partial charge in [-0.3, -0.25) is 10.00 Å². The Morgan fingerprint density at radius 1 is 1.25 bits per heavy atom. The van der Waals surface area contributed by atoms with Crippen LogP contribution in [0.15, 0.2) is 48.7 Å². The van der Waals surface area contributed by atoms with E-state index in [1.807, 2.05) is 42.6 Å². The number of phenolic OH excluding ortho intramolecular Hbond substituents is 1. The average Bonchev–Trinajstić information content (AvgIpc) is 3.20. The second-order valence-electron chi connectivity index (χ2n) is 7.27. The van der Waals surface area contributed by atoms with Crippen molar-refractivity contribution < 1.29 is 9.84 Å². The molecule has 1 aliphatic rings. The van der Waals surface area contributed by atoms with E-state index in [-0.39, 0.29) is 5.75 Å². The first kappa shape index (κ1) is 18.8. The summed E-state index contributed by atoms with van der Waals surface area (Å²) in [5.74, 6) is 1.33. The third kappa shape index (κ3) is 4.01. The number of ether oxygens (including phenoxy) is 1. The van der Waals surface area contributed by atoms with E-state index in [1.165, 1.54) is 5.69 Å². The molecule has 0 radical (unpaired) electrons. The van der Waals surface area contributed by atoms with Crippen molar-refractivity contribution in [2.24, 2.45) is 0 Å². The Morgan fingerprint density at radius 2 is 2.07 bits per heavy atom. The molecule has 3 aromatic rings. The molecule has 0 aliphatic carbocycles. The maximum Gasteiger partial charge on any atom is 0.123 e. The van der Waals surface area contributed by atoms with E-state index in [1.54, 1.807) is 13.2 Å². The van der Waals surface area contributed by atoms with Crippen LogP contribution in [0.25, 0.3) is 11.1 Å². The van der Waals surface area contributed by atoms with Crippen molar-refractivity contribution in [2.45, 2.75) is 25.3 Å². The number of nitrogens with one attached hydrogen (secondary N) is 1. The van der Waals surface area contributed by atoms with E-state index in [0.717, 1.165) is 54.2 Å². The zero-order valence-electron chi connectivity index (χ0n) is 15.9. The van der Waals surface area contributed by atoms with Crippen molar-refractivity contribution in [1.82, 2.24) is 15.1 Å². The van der Waals surface area contributed by atoms with E-state index < -0.39 is 0 Å². The normalized spacial score (nSPS) is 17.6. The molecule has 1 aromatic heterocycles. The van der Waals surface area contributed by atoms with Crippen LogP contribution in [0.2, 0.25) is 5.02 Å². The van der Waals surface area contributed by atoms with Gasteiger partial charge in [0.1, 0.15) is 11.5 Å². The fourth-order valence-electron chi connectivity index (χ4n) is 3.95. The first-order valence-electron chi connectivity index (χ1n) is 9.51. The quantitative estimate of drug-likeness (QED) is 0.647. The van der Waals surface area contributed by atoms with Gasteiger partial charge in [0.05, 0.1) is 13.3 Å². The van der Waals surface area contributed by atoms with Gasteiger partial charge in [0.15, 0.2) is 0 Å². The standard InChI is InChI=1S/C22H24ClN3O2/c1-28-19-9-6-16(21(27)11-19)13-26-10-2-3-17(14-26)22-20(12-24-25-22)15-4-7-18(23)8-5-15/h4-9,11-12,17,27H,2-3,10,13-14H2,1H3,(H,24,25)/t17-/m1/s1. The minimum absolute atomic E-state index is 0.282. The summed E-state index contributed by atoms with van der Waals surface area (Å²) in [7, 11) is 1.60. The molecule has 1 fully saturated rings. The maximum atomic E-state index is 10.3. The van der Waals surface area contributed by atoms with Gasteiger partial charge in [-0.15, -0.1) is 0 Å². The summed E-state index contributed by atoms with van der Waals surface area (Å²) in [4.78, 5) is 2.39. The molecule has 1 saturated heterocycles. The lowest BCUT2D eigenvalue weighted by molar-refractivity contribution is 0.196. The lowest BCUT2D eigenvalue weighted by atomic mass is 9.90. The van der Waals surface area contributed by atoms with Crippen LogP contribution in [-0.4, -0.2) is 40.4 Å². The van der Waals surface area contributed by atoms with Crippen LogP contribution in [0.1, 0.15) is 30.0 Å². The van der Waals surface area contributed by atoms with Crippen LogP contribution in [0.4, 0.5) is 0 Å². The Balaban J connectivity index is 1.50. The number of hydrogen-bond donors (Lipinski definition) is 2. The number of halogens is 1. The van der Waals surface area contributed by atoms with Crippen molar-refractivity contribution >= 4 is 11.6 Å². The molecule has 0 unspecified atom stereocenters. The molecule has 0 saturated carbocycles. The number of aromatic amines is 1. The van der Waals surface area contributed by atoms with Crippen LogP contribution in [-0.2, 0) is 6.54 Å². The topological polar surface area (TPSA) is 61.4 Å². The minimum Gasteiger partial charge on any atom is -0.507 e. The Morgan fingerprint density at radius 3 is 2.82 bits per heavy atom. The van der Waals surface area contributed by atoms with Gasteiger partial charge in [0.25, 0.3) is 0 Å². The van der Waals surface area contributed by atoms with E-state index in [2.05, 4.69) is 15.1 Å². The molecule has 4 rings (SSSR count). The van der Waals surface area contributed by atoms with Crippen LogP contribution < -0.4 is 4.74 Å². The van der Waals surface area contributed by atoms with Gasteiger partial charge in [-0.05, 0) is 43.1 Å². The number of benzene rings is 2. The zero-order chi connectivity index (χ0) is 19.5. The number of phenols is 1. The number of nitrogens with zero attached hydrogens (tertiary/aromatic N) is 2. The fourth-order valence-corrected chi connectivity index (χ4v) is 4.07. The summed E-state index contributed by atoms with van der Waals surface area (Å²) in [6.07, 6.45) is 4.13. The molecule has 0 bridgehead atoms. The van der Waals surface area contributed by atoms with Gasteiger partial charge in [-0.2, -0.15) is 5.10 Å². The van der Waals surface area contributed by atoms with Gasteiger partial charge >= 0.3 is 0 Å². The largest absolute Gasteiger partial charge is 0.507 e. The van der Waals surface area contributed by atoms with E-state index in [0.29, 0.717) is 11.7 Å². The second kappa shape index (κ2) is 8.25. The maximum absolute atomic E-state index is 10.3. The minimum atomic E-state index is 0.282. The lowest BCUT2D eigenvalue weighted by Gasteiger charge is -2.33. The van der Waals surface area contributed by atoms with Gasteiger partial charge < -0.3 is 9.84 Å². The van der Waals surface area contributed by atoms with Crippen molar-refractivity contribution in [1.29, 1.82) is 0 Å². The number of rotatable bonds is 5. The summed E-state index contributed by atoms with van der Waals surface area (Å²) >= 11 is 6.03. The Bertz CT molecular complexity index is 939. The molecule has 0 amide bonds. The van der Waals surface area contributed by atoms with Crippen molar-refractivity contribution in [3.63, 3.8) is 0 Å². The lowest BCUT2D eigenvalue weighted by Crippen LogP contribution is -2.34. The van der Waals surface area contributed by atoms with Crippen LogP contribution in [0, 0.1) is 0 Å². The first-order valence-corrected chi connectivity index (χ1v) is 9.89. The third-order valence-electron chi connectivity index (χ3n) is 5.42. The molecule has 1 atom stereocenters. The van der Waals surface area contributed by atoms with Crippen LogP contribution in [0.3, 0.4) is 0 Å². The Kier molecular flexibility index (Phi) is 5.55. The highest BCUT2D eigenvalue weighted by atomic mass is 35.5. The molecule has 146 valence electrons. The molecular formula is C22H24ClN3O2. The smallest absolute Gasteiger partial charge is 0.123 e. The third-order valence-corrected chi connectivity index (χ3v) is 5.68. The predicted molar refractivity (Wildman–Crippen MR) is 111 cm³/mol. The molecule has 28 heavy (non-hydrogen) atoms. The van der Waals surface area contributed by atoms with Gasteiger partial charge in [-0.25, -0.2) is 0 Å². The number of hydrogen-bond acceptors (Lipinski definition) is 4. The van der Waals surface area contributed by atoms with Crippen molar-refractivity contribution in [2.75, 3.05) is 20.2 Å². The molecule has 0 spiro atoms. The summed E-state index contributed by atoms with van der Waals surface area (Å²) in [6.45, 7) is 2.66. The summed E-state index contributed by atoms with van der Waals surface area (Å²) in [5.41, 5.74) is 4.35. The first-order chi connectivity index (χ1) is 13.6. The molecule has 6 heteroatoms. The van der Waals surface area contributed by atoms with Crippen LogP contribution >= 0.6 is 11.6 Å².